The van der Waals surface area contributed by atoms with E-state index in [1.54, 1.807) is 6.07 Å². The van der Waals surface area contributed by atoms with E-state index >= 15 is 0 Å². The molecule has 0 saturated carbocycles. The van der Waals surface area contributed by atoms with Crippen LogP contribution in [0.1, 0.15) is 12.8 Å². The number of amides is 1. The van der Waals surface area contributed by atoms with Gasteiger partial charge in [0.05, 0.1) is 5.92 Å². The normalized spacial score (nSPS) is 20.8. The SMILES string of the molecule is NC(=O)C1CCCN(c2cc(N)ncn2)C1. The first-order valence-electron chi connectivity index (χ1n) is 5.28. The highest BCUT2D eigenvalue weighted by molar-refractivity contribution is 5.77. The van der Waals surface area contributed by atoms with Crippen molar-refractivity contribution in [3.8, 4) is 0 Å². The van der Waals surface area contributed by atoms with Crippen molar-refractivity contribution < 1.29 is 4.79 Å². The number of nitrogen functional groups attached to an aromatic ring is 1. The van der Waals surface area contributed by atoms with Crippen LogP contribution in [0.4, 0.5) is 11.6 Å². The minimum atomic E-state index is -0.244. The Kier molecular flexibility index (Phi) is 2.89. The molecule has 6 nitrogen and oxygen atoms in total. The van der Waals surface area contributed by atoms with Crippen LogP contribution in [-0.4, -0.2) is 29.0 Å². The minimum Gasteiger partial charge on any atom is -0.384 e. The Hall–Kier alpha value is -1.85. The average Bonchev–Trinajstić information content (AvgIpc) is 2.29. The molecule has 1 aromatic heterocycles. The molecule has 4 N–H and O–H groups in total. The van der Waals surface area contributed by atoms with Crippen molar-refractivity contribution in [3.63, 3.8) is 0 Å². The van der Waals surface area contributed by atoms with Crippen LogP contribution in [0.5, 0.6) is 0 Å². The molecule has 1 aromatic rings. The molecule has 1 saturated heterocycles. The predicted octanol–water partition coefficient (Wildman–Crippen LogP) is -0.240. The lowest BCUT2D eigenvalue weighted by Crippen LogP contribution is -2.41. The molecule has 2 heterocycles. The molecule has 1 unspecified atom stereocenters. The van der Waals surface area contributed by atoms with Gasteiger partial charge in [-0.2, -0.15) is 0 Å². The number of carbonyl (C=O) groups excluding carboxylic acids is 1. The number of aromatic nitrogens is 2. The molecule has 0 spiro atoms. The Bertz CT molecular complexity index is 395. The average molecular weight is 221 g/mol. The first kappa shape index (κ1) is 10.7. The van der Waals surface area contributed by atoms with E-state index in [0.29, 0.717) is 12.4 Å². The maximum Gasteiger partial charge on any atom is 0.222 e. The van der Waals surface area contributed by atoms with E-state index < -0.39 is 0 Å². The first-order chi connectivity index (χ1) is 7.66. The molecule has 1 atom stereocenters. The molecule has 0 bridgehead atoms. The molecule has 0 aromatic carbocycles. The third kappa shape index (κ3) is 2.21. The van der Waals surface area contributed by atoms with E-state index in [-0.39, 0.29) is 11.8 Å². The van der Waals surface area contributed by atoms with E-state index in [1.807, 2.05) is 4.90 Å². The van der Waals surface area contributed by atoms with Gasteiger partial charge in [-0.15, -0.1) is 0 Å². The summed E-state index contributed by atoms with van der Waals surface area (Å²) < 4.78 is 0. The van der Waals surface area contributed by atoms with E-state index in [4.69, 9.17) is 11.5 Å². The molecular formula is C10H15N5O. The summed E-state index contributed by atoms with van der Waals surface area (Å²) in [6.45, 7) is 1.49. The lowest BCUT2D eigenvalue weighted by molar-refractivity contribution is -0.122. The Balaban J connectivity index is 2.12. The smallest absolute Gasteiger partial charge is 0.222 e. The van der Waals surface area contributed by atoms with E-state index in [9.17, 15) is 4.79 Å². The predicted molar refractivity (Wildman–Crippen MR) is 60.6 cm³/mol. The number of hydrogen-bond donors (Lipinski definition) is 2. The second-order valence-electron chi connectivity index (χ2n) is 3.99. The summed E-state index contributed by atoms with van der Waals surface area (Å²) in [5, 5.41) is 0. The lowest BCUT2D eigenvalue weighted by atomic mass is 9.97. The van der Waals surface area contributed by atoms with Crippen molar-refractivity contribution in [2.75, 3.05) is 23.7 Å². The van der Waals surface area contributed by atoms with Crippen molar-refractivity contribution in [3.05, 3.63) is 12.4 Å². The quantitative estimate of drug-likeness (QED) is 0.718. The summed E-state index contributed by atoms with van der Waals surface area (Å²) in [5.41, 5.74) is 10.9. The summed E-state index contributed by atoms with van der Waals surface area (Å²) in [5.74, 6) is 0.862. The molecule has 1 fully saturated rings. The summed E-state index contributed by atoms with van der Waals surface area (Å²) in [6.07, 6.45) is 3.22. The van der Waals surface area contributed by atoms with Gasteiger partial charge in [0.1, 0.15) is 18.0 Å². The molecule has 2 rings (SSSR count). The third-order valence-electron chi connectivity index (χ3n) is 2.82. The highest BCUT2D eigenvalue weighted by Gasteiger charge is 2.24. The minimum absolute atomic E-state index is 0.0926. The van der Waals surface area contributed by atoms with Gasteiger partial charge in [-0.25, -0.2) is 9.97 Å². The fraction of sp³-hybridized carbons (Fsp3) is 0.500. The van der Waals surface area contributed by atoms with Gasteiger partial charge in [0, 0.05) is 19.2 Å². The van der Waals surface area contributed by atoms with Crippen LogP contribution < -0.4 is 16.4 Å². The highest BCUT2D eigenvalue weighted by atomic mass is 16.1. The van der Waals surface area contributed by atoms with Gasteiger partial charge in [0.15, 0.2) is 0 Å². The Labute approximate surface area is 93.7 Å². The lowest BCUT2D eigenvalue weighted by Gasteiger charge is -2.31. The molecule has 16 heavy (non-hydrogen) atoms. The Morgan fingerprint density at radius 2 is 2.31 bits per heavy atom. The van der Waals surface area contributed by atoms with Crippen molar-refractivity contribution in [1.82, 2.24) is 9.97 Å². The summed E-state index contributed by atoms with van der Waals surface area (Å²) in [4.78, 5) is 21.1. The number of carbonyl (C=O) groups is 1. The van der Waals surface area contributed by atoms with Crippen LogP contribution in [0.3, 0.4) is 0 Å². The number of hydrogen-bond acceptors (Lipinski definition) is 5. The van der Waals surface area contributed by atoms with Crippen LogP contribution in [0.25, 0.3) is 0 Å². The standard InChI is InChI=1S/C10H15N5O/c11-8-4-9(14-6-13-8)15-3-1-2-7(5-15)10(12)16/h4,6-7H,1-3,5H2,(H2,12,16)(H2,11,13,14). The zero-order chi connectivity index (χ0) is 11.5. The number of rotatable bonds is 2. The number of nitrogens with two attached hydrogens (primary N) is 2. The summed E-state index contributed by atoms with van der Waals surface area (Å²) in [6, 6.07) is 1.71. The van der Waals surface area contributed by atoms with Gasteiger partial charge in [0.2, 0.25) is 5.91 Å². The van der Waals surface area contributed by atoms with Crippen molar-refractivity contribution in [2.24, 2.45) is 11.7 Å². The van der Waals surface area contributed by atoms with Crippen LogP contribution >= 0.6 is 0 Å². The van der Waals surface area contributed by atoms with E-state index in [2.05, 4.69) is 9.97 Å². The second-order valence-corrected chi connectivity index (χ2v) is 3.99. The van der Waals surface area contributed by atoms with Gasteiger partial charge < -0.3 is 16.4 Å². The van der Waals surface area contributed by atoms with E-state index in [0.717, 1.165) is 25.2 Å². The molecule has 86 valence electrons. The number of piperidine rings is 1. The summed E-state index contributed by atoms with van der Waals surface area (Å²) in [7, 11) is 0. The van der Waals surface area contributed by atoms with Crippen LogP contribution in [-0.2, 0) is 4.79 Å². The largest absolute Gasteiger partial charge is 0.384 e. The van der Waals surface area contributed by atoms with Crippen LogP contribution in [0.15, 0.2) is 12.4 Å². The molecule has 1 aliphatic rings. The monoisotopic (exact) mass is 221 g/mol. The molecule has 6 heteroatoms. The fourth-order valence-electron chi connectivity index (χ4n) is 1.95. The maximum absolute atomic E-state index is 11.1. The highest BCUT2D eigenvalue weighted by Crippen LogP contribution is 2.21. The van der Waals surface area contributed by atoms with Gasteiger partial charge in [-0.3, -0.25) is 4.79 Å². The molecular weight excluding hydrogens is 206 g/mol. The zero-order valence-corrected chi connectivity index (χ0v) is 8.97. The number of primary amides is 1. The van der Waals surface area contributed by atoms with Crippen LogP contribution in [0.2, 0.25) is 0 Å². The van der Waals surface area contributed by atoms with Crippen molar-refractivity contribution in [2.45, 2.75) is 12.8 Å². The first-order valence-corrected chi connectivity index (χ1v) is 5.28. The number of anilines is 2. The van der Waals surface area contributed by atoms with Crippen molar-refractivity contribution in [1.29, 1.82) is 0 Å². The number of nitrogens with zero attached hydrogens (tertiary/aromatic N) is 3. The van der Waals surface area contributed by atoms with Gasteiger partial charge in [0.25, 0.3) is 0 Å². The summed E-state index contributed by atoms with van der Waals surface area (Å²) >= 11 is 0. The molecule has 1 amide bonds. The Morgan fingerprint density at radius 1 is 1.50 bits per heavy atom. The van der Waals surface area contributed by atoms with Crippen LogP contribution in [0, 0.1) is 5.92 Å². The second kappa shape index (κ2) is 4.34. The van der Waals surface area contributed by atoms with Gasteiger partial charge >= 0.3 is 0 Å². The zero-order valence-electron chi connectivity index (χ0n) is 8.97. The third-order valence-corrected chi connectivity index (χ3v) is 2.82. The van der Waals surface area contributed by atoms with Gasteiger partial charge in [-0.1, -0.05) is 0 Å². The molecule has 0 radical (unpaired) electrons. The van der Waals surface area contributed by atoms with Gasteiger partial charge in [-0.05, 0) is 12.8 Å². The topological polar surface area (TPSA) is 98.1 Å². The van der Waals surface area contributed by atoms with E-state index in [1.165, 1.54) is 6.33 Å². The molecule has 1 aliphatic heterocycles. The fourth-order valence-corrected chi connectivity index (χ4v) is 1.95. The van der Waals surface area contributed by atoms with Crippen molar-refractivity contribution >= 4 is 17.5 Å². The maximum atomic E-state index is 11.1. The molecule has 0 aliphatic carbocycles. The Morgan fingerprint density at radius 3 is 3.00 bits per heavy atom.